The van der Waals surface area contributed by atoms with E-state index in [-0.39, 0.29) is 11.8 Å². The van der Waals surface area contributed by atoms with Crippen LogP contribution < -0.4 is 15.5 Å². The molecule has 156 valence electrons. The van der Waals surface area contributed by atoms with Crippen LogP contribution in [0.15, 0.2) is 6.07 Å². The van der Waals surface area contributed by atoms with E-state index in [1.54, 1.807) is 0 Å². The monoisotopic (exact) mass is 388 g/mol. The standard InChI is InChI=1S/C21H36N6O/c1-22-13-18-12-19(26(2)3)25-21(24-18)16-8-7-11-27(14-16)15-20(28)23-17-9-5-4-6-10-17/h12,16-17,22H,4-11,13-15H2,1-3H3,(H,23,28)/t16-/m1/s1. The lowest BCUT2D eigenvalue weighted by atomic mass is 9.95. The maximum atomic E-state index is 12.5. The minimum absolute atomic E-state index is 0.173. The van der Waals surface area contributed by atoms with Crippen molar-refractivity contribution >= 4 is 11.7 Å². The van der Waals surface area contributed by atoms with Gasteiger partial charge in [-0.15, -0.1) is 0 Å². The molecule has 0 spiro atoms. The normalized spacial score (nSPS) is 21.5. The lowest BCUT2D eigenvalue weighted by Crippen LogP contribution is -2.45. The molecule has 2 heterocycles. The van der Waals surface area contributed by atoms with E-state index in [1.807, 2.05) is 32.1 Å². The number of nitrogens with zero attached hydrogens (tertiary/aromatic N) is 4. The fourth-order valence-electron chi connectivity index (χ4n) is 4.32. The summed E-state index contributed by atoms with van der Waals surface area (Å²) in [5.41, 5.74) is 1.02. The number of nitrogens with one attached hydrogen (secondary N) is 2. The molecule has 7 nitrogen and oxygen atoms in total. The van der Waals surface area contributed by atoms with Gasteiger partial charge in [-0.05, 0) is 39.3 Å². The molecule has 3 rings (SSSR count). The third-order valence-electron chi connectivity index (χ3n) is 5.81. The quantitative estimate of drug-likeness (QED) is 0.743. The Balaban J connectivity index is 1.61. The number of carbonyl (C=O) groups excluding carboxylic acids is 1. The zero-order chi connectivity index (χ0) is 19.9. The Morgan fingerprint density at radius 2 is 1.96 bits per heavy atom. The van der Waals surface area contributed by atoms with Crippen LogP contribution in [-0.4, -0.2) is 67.6 Å². The van der Waals surface area contributed by atoms with Crippen molar-refractivity contribution in [1.82, 2.24) is 25.5 Å². The third kappa shape index (κ3) is 5.88. The van der Waals surface area contributed by atoms with Gasteiger partial charge >= 0.3 is 0 Å². The molecule has 1 aromatic rings. The average Bonchev–Trinajstić information content (AvgIpc) is 2.69. The second-order valence-electron chi connectivity index (χ2n) is 8.48. The molecule has 1 saturated carbocycles. The molecule has 0 aromatic carbocycles. The summed E-state index contributed by atoms with van der Waals surface area (Å²) in [5.74, 6) is 2.31. The fourth-order valence-corrected chi connectivity index (χ4v) is 4.32. The number of rotatable bonds is 7. The highest BCUT2D eigenvalue weighted by atomic mass is 16.2. The number of amides is 1. The van der Waals surface area contributed by atoms with Gasteiger partial charge in [0.15, 0.2) is 0 Å². The van der Waals surface area contributed by atoms with Crippen molar-refractivity contribution in [1.29, 1.82) is 0 Å². The van der Waals surface area contributed by atoms with Crippen LogP contribution in [0, 0.1) is 0 Å². The van der Waals surface area contributed by atoms with E-state index in [2.05, 4.69) is 15.5 Å². The molecule has 1 aliphatic carbocycles. The van der Waals surface area contributed by atoms with Gasteiger partial charge in [0, 0.05) is 45.2 Å². The van der Waals surface area contributed by atoms with E-state index >= 15 is 0 Å². The lowest BCUT2D eigenvalue weighted by Gasteiger charge is -2.32. The molecule has 0 bridgehead atoms. The second-order valence-corrected chi connectivity index (χ2v) is 8.48. The Hall–Kier alpha value is -1.73. The first-order valence-electron chi connectivity index (χ1n) is 10.8. The van der Waals surface area contributed by atoms with Crippen molar-refractivity contribution in [2.24, 2.45) is 0 Å². The average molecular weight is 389 g/mol. The van der Waals surface area contributed by atoms with Gasteiger partial charge in [0.25, 0.3) is 0 Å². The molecule has 1 atom stereocenters. The first-order valence-corrected chi connectivity index (χ1v) is 10.8. The summed E-state index contributed by atoms with van der Waals surface area (Å²) in [6.45, 7) is 3.06. The maximum Gasteiger partial charge on any atom is 0.234 e. The van der Waals surface area contributed by atoms with E-state index in [0.29, 0.717) is 12.6 Å². The van der Waals surface area contributed by atoms with Crippen molar-refractivity contribution in [3.05, 3.63) is 17.6 Å². The highest BCUT2D eigenvalue weighted by Gasteiger charge is 2.26. The minimum Gasteiger partial charge on any atom is -0.363 e. The molecule has 2 fully saturated rings. The Kier molecular flexibility index (Phi) is 7.62. The van der Waals surface area contributed by atoms with E-state index in [1.165, 1.54) is 19.3 Å². The largest absolute Gasteiger partial charge is 0.363 e. The molecule has 1 amide bonds. The number of hydrogen-bond donors (Lipinski definition) is 2. The van der Waals surface area contributed by atoms with Crippen LogP contribution in [0.3, 0.4) is 0 Å². The zero-order valence-corrected chi connectivity index (χ0v) is 17.7. The van der Waals surface area contributed by atoms with Gasteiger partial charge in [-0.1, -0.05) is 19.3 Å². The Morgan fingerprint density at radius 1 is 1.18 bits per heavy atom. The van der Waals surface area contributed by atoms with Crippen LogP contribution in [0.1, 0.15) is 62.4 Å². The third-order valence-corrected chi connectivity index (χ3v) is 5.81. The summed E-state index contributed by atoms with van der Waals surface area (Å²) in [6, 6.07) is 2.42. The van der Waals surface area contributed by atoms with E-state index in [4.69, 9.17) is 9.97 Å². The number of piperidine rings is 1. The van der Waals surface area contributed by atoms with Crippen LogP contribution in [0.4, 0.5) is 5.82 Å². The molecule has 1 aromatic heterocycles. The van der Waals surface area contributed by atoms with E-state index < -0.39 is 0 Å². The number of hydrogen-bond acceptors (Lipinski definition) is 6. The summed E-state index contributed by atoms with van der Waals surface area (Å²) in [6.07, 6.45) is 8.22. The first-order chi connectivity index (χ1) is 13.5. The van der Waals surface area contributed by atoms with Crippen LogP contribution >= 0.6 is 0 Å². The number of carbonyl (C=O) groups is 1. The highest BCUT2D eigenvalue weighted by Crippen LogP contribution is 2.26. The lowest BCUT2D eigenvalue weighted by molar-refractivity contribution is -0.123. The SMILES string of the molecule is CNCc1cc(N(C)C)nc([C@@H]2CCCN(CC(=O)NC3CCCCC3)C2)n1. The van der Waals surface area contributed by atoms with Gasteiger partial charge in [0.05, 0.1) is 12.2 Å². The van der Waals surface area contributed by atoms with Crippen molar-refractivity contribution in [3.63, 3.8) is 0 Å². The molecular formula is C21H36N6O. The topological polar surface area (TPSA) is 73.4 Å². The predicted molar refractivity (Wildman–Crippen MR) is 113 cm³/mol. The van der Waals surface area contributed by atoms with Gasteiger partial charge in [-0.2, -0.15) is 0 Å². The predicted octanol–water partition coefficient (Wildman–Crippen LogP) is 1.89. The summed E-state index contributed by atoms with van der Waals surface area (Å²) in [4.78, 5) is 26.4. The van der Waals surface area contributed by atoms with Crippen LogP contribution in [0.2, 0.25) is 0 Å². The number of likely N-dealkylation sites (tertiary alicyclic amines) is 1. The Morgan fingerprint density at radius 3 is 2.68 bits per heavy atom. The smallest absolute Gasteiger partial charge is 0.234 e. The van der Waals surface area contributed by atoms with Gasteiger partial charge in [-0.25, -0.2) is 9.97 Å². The fraction of sp³-hybridized carbons (Fsp3) is 0.762. The van der Waals surface area contributed by atoms with E-state index in [0.717, 1.165) is 62.7 Å². The maximum absolute atomic E-state index is 12.5. The first kappa shape index (κ1) is 21.0. The molecular weight excluding hydrogens is 352 g/mol. The van der Waals surface area contributed by atoms with Crippen LogP contribution in [0.5, 0.6) is 0 Å². The Labute approximate surface area is 169 Å². The molecule has 1 aliphatic heterocycles. The zero-order valence-electron chi connectivity index (χ0n) is 17.7. The van der Waals surface area contributed by atoms with Crippen LogP contribution in [0.25, 0.3) is 0 Å². The molecule has 0 radical (unpaired) electrons. The van der Waals surface area contributed by atoms with Gasteiger partial charge < -0.3 is 15.5 Å². The van der Waals surface area contributed by atoms with Crippen molar-refractivity contribution in [3.8, 4) is 0 Å². The Bertz CT molecular complexity index is 644. The van der Waals surface area contributed by atoms with Crippen molar-refractivity contribution in [2.75, 3.05) is 45.7 Å². The molecule has 2 N–H and O–H groups in total. The molecule has 28 heavy (non-hydrogen) atoms. The number of anilines is 1. The summed E-state index contributed by atoms with van der Waals surface area (Å²) < 4.78 is 0. The molecule has 1 saturated heterocycles. The summed E-state index contributed by atoms with van der Waals surface area (Å²) in [7, 11) is 5.96. The molecule has 2 aliphatic rings. The van der Waals surface area contributed by atoms with Crippen molar-refractivity contribution < 1.29 is 4.79 Å². The second kappa shape index (κ2) is 10.2. The number of aromatic nitrogens is 2. The highest BCUT2D eigenvalue weighted by molar-refractivity contribution is 5.78. The van der Waals surface area contributed by atoms with Gasteiger partial charge in [-0.3, -0.25) is 9.69 Å². The van der Waals surface area contributed by atoms with Crippen LogP contribution in [-0.2, 0) is 11.3 Å². The molecule has 7 heteroatoms. The summed E-state index contributed by atoms with van der Waals surface area (Å²) >= 11 is 0. The minimum atomic E-state index is 0.173. The van der Waals surface area contributed by atoms with Gasteiger partial charge in [0.2, 0.25) is 5.91 Å². The molecule has 0 unspecified atom stereocenters. The van der Waals surface area contributed by atoms with Crippen molar-refractivity contribution in [2.45, 2.75) is 63.5 Å². The van der Waals surface area contributed by atoms with Gasteiger partial charge in [0.1, 0.15) is 11.6 Å². The van der Waals surface area contributed by atoms with E-state index in [9.17, 15) is 4.79 Å². The summed E-state index contributed by atoms with van der Waals surface area (Å²) in [5, 5.41) is 6.43.